The Morgan fingerprint density at radius 2 is 1.92 bits per heavy atom. The van der Waals surface area contributed by atoms with Crippen LogP contribution in [0.1, 0.15) is 13.8 Å². The molecule has 0 atom stereocenters. The van der Waals surface area contributed by atoms with Crippen LogP contribution >= 0.6 is 0 Å². The summed E-state index contributed by atoms with van der Waals surface area (Å²) >= 11 is 0. The molecule has 1 rings (SSSR count). The molecule has 12 heavy (non-hydrogen) atoms. The first kappa shape index (κ1) is 9.95. The molecule has 0 aromatic carbocycles. The Bertz CT molecular complexity index is 241. The van der Waals surface area contributed by atoms with Gasteiger partial charge in [0.15, 0.2) is 0 Å². The van der Waals surface area contributed by atoms with Crippen molar-refractivity contribution in [2.24, 2.45) is 0 Å². The smallest absolute Gasteiger partial charge is 0.216 e. The van der Waals surface area contributed by atoms with Crippen molar-refractivity contribution < 1.29 is 13.2 Å². The molecule has 1 aliphatic heterocycles. The topological polar surface area (TPSA) is 46.6 Å². The van der Waals surface area contributed by atoms with Crippen LogP contribution in [0.3, 0.4) is 0 Å². The fourth-order valence-electron chi connectivity index (χ4n) is 1.06. The van der Waals surface area contributed by atoms with Crippen LogP contribution in [0.2, 0.25) is 0 Å². The fourth-order valence-corrected chi connectivity index (χ4v) is 2.40. The predicted octanol–water partition coefficient (Wildman–Crippen LogP) is 0.0552. The number of ether oxygens (including phenoxy) is 1. The first-order chi connectivity index (χ1) is 5.48. The van der Waals surface area contributed by atoms with Crippen molar-refractivity contribution >= 4 is 10.0 Å². The first-order valence-electron chi connectivity index (χ1n) is 4.00. The van der Waals surface area contributed by atoms with Crippen molar-refractivity contribution in [1.29, 1.82) is 0 Å². The summed E-state index contributed by atoms with van der Waals surface area (Å²) in [6.07, 6.45) is 0.0959. The van der Waals surface area contributed by atoms with E-state index in [4.69, 9.17) is 4.74 Å². The largest absolute Gasteiger partial charge is 0.379 e. The minimum absolute atomic E-state index is 0.0959. The van der Waals surface area contributed by atoms with Gasteiger partial charge in [-0.1, -0.05) is 0 Å². The SMILES string of the molecule is COC1CN(S(=O)(=O)C(C)C)C1. The molecule has 4 nitrogen and oxygen atoms in total. The van der Waals surface area contributed by atoms with Gasteiger partial charge in [0, 0.05) is 20.2 Å². The second-order valence-corrected chi connectivity index (χ2v) is 5.76. The Kier molecular flexibility index (Phi) is 2.75. The molecule has 0 aromatic heterocycles. The fraction of sp³-hybridized carbons (Fsp3) is 1.00. The Balaban J connectivity index is 2.53. The first-order valence-corrected chi connectivity index (χ1v) is 5.50. The van der Waals surface area contributed by atoms with Crippen LogP contribution in [-0.4, -0.2) is 44.3 Å². The van der Waals surface area contributed by atoms with Gasteiger partial charge in [0.05, 0.1) is 11.4 Å². The van der Waals surface area contributed by atoms with Gasteiger partial charge in [-0.25, -0.2) is 8.42 Å². The third-order valence-corrected chi connectivity index (χ3v) is 4.31. The summed E-state index contributed by atoms with van der Waals surface area (Å²) in [7, 11) is -1.43. The summed E-state index contributed by atoms with van der Waals surface area (Å²) < 4.78 is 29.3. The zero-order chi connectivity index (χ0) is 9.35. The average Bonchev–Trinajstić information content (AvgIpc) is 1.84. The molecule has 0 saturated carbocycles. The van der Waals surface area contributed by atoms with Crippen LogP contribution in [0.25, 0.3) is 0 Å². The lowest BCUT2D eigenvalue weighted by Crippen LogP contribution is -2.55. The summed E-state index contributed by atoms with van der Waals surface area (Å²) in [5.41, 5.74) is 0. The molecule has 1 aliphatic rings. The molecular weight excluding hydrogens is 178 g/mol. The lowest BCUT2D eigenvalue weighted by Gasteiger charge is -2.37. The van der Waals surface area contributed by atoms with E-state index >= 15 is 0 Å². The summed E-state index contributed by atoms with van der Waals surface area (Å²) in [5, 5.41) is -0.324. The van der Waals surface area contributed by atoms with Gasteiger partial charge in [-0.3, -0.25) is 0 Å². The second kappa shape index (κ2) is 3.32. The Labute approximate surface area is 73.6 Å². The van der Waals surface area contributed by atoms with E-state index < -0.39 is 10.0 Å². The lowest BCUT2D eigenvalue weighted by atomic mass is 10.2. The molecule has 0 aromatic rings. The van der Waals surface area contributed by atoms with Gasteiger partial charge in [0.25, 0.3) is 0 Å². The maximum atomic E-state index is 11.4. The molecule has 1 heterocycles. The maximum absolute atomic E-state index is 11.4. The second-order valence-electron chi connectivity index (χ2n) is 3.27. The molecule has 0 bridgehead atoms. The molecule has 0 spiro atoms. The average molecular weight is 193 g/mol. The van der Waals surface area contributed by atoms with E-state index in [1.807, 2.05) is 0 Å². The van der Waals surface area contributed by atoms with Crippen LogP contribution in [0, 0.1) is 0 Å². The van der Waals surface area contributed by atoms with Gasteiger partial charge >= 0.3 is 0 Å². The van der Waals surface area contributed by atoms with Crippen LogP contribution in [0.4, 0.5) is 0 Å². The molecule has 1 saturated heterocycles. The van der Waals surface area contributed by atoms with Crippen LogP contribution in [0.5, 0.6) is 0 Å². The Morgan fingerprint density at radius 1 is 1.42 bits per heavy atom. The van der Waals surface area contributed by atoms with E-state index in [0.29, 0.717) is 13.1 Å². The zero-order valence-corrected chi connectivity index (χ0v) is 8.47. The van der Waals surface area contributed by atoms with Crippen molar-refractivity contribution in [3.05, 3.63) is 0 Å². The molecule has 72 valence electrons. The number of methoxy groups -OCH3 is 1. The summed E-state index contributed by atoms with van der Waals surface area (Å²) in [6.45, 7) is 4.40. The van der Waals surface area contributed by atoms with Crippen molar-refractivity contribution in [2.45, 2.75) is 25.2 Å². The summed E-state index contributed by atoms with van der Waals surface area (Å²) in [6, 6.07) is 0. The predicted molar refractivity (Wildman–Crippen MR) is 46.4 cm³/mol. The van der Waals surface area contributed by atoms with Crippen LogP contribution < -0.4 is 0 Å². The standard InChI is InChI=1S/C7H15NO3S/c1-6(2)12(9,10)8-4-7(5-8)11-3/h6-7H,4-5H2,1-3H3. The van der Waals surface area contributed by atoms with Crippen molar-refractivity contribution in [2.75, 3.05) is 20.2 Å². The van der Waals surface area contributed by atoms with Gasteiger partial charge in [-0.15, -0.1) is 0 Å². The van der Waals surface area contributed by atoms with Crippen molar-refractivity contribution in [3.8, 4) is 0 Å². The summed E-state index contributed by atoms with van der Waals surface area (Å²) in [5.74, 6) is 0. The highest BCUT2D eigenvalue weighted by Crippen LogP contribution is 2.18. The highest BCUT2D eigenvalue weighted by atomic mass is 32.2. The van der Waals surface area contributed by atoms with Gasteiger partial charge in [-0.2, -0.15) is 4.31 Å². The van der Waals surface area contributed by atoms with Gasteiger partial charge < -0.3 is 4.74 Å². The number of hydrogen-bond acceptors (Lipinski definition) is 3. The molecule has 0 amide bonds. The van der Waals surface area contributed by atoms with Gasteiger partial charge in [-0.05, 0) is 13.8 Å². The zero-order valence-electron chi connectivity index (χ0n) is 7.65. The van der Waals surface area contributed by atoms with Crippen LogP contribution in [0.15, 0.2) is 0 Å². The van der Waals surface area contributed by atoms with E-state index in [2.05, 4.69) is 0 Å². The van der Waals surface area contributed by atoms with Gasteiger partial charge in [0.2, 0.25) is 10.0 Å². The molecule has 0 radical (unpaired) electrons. The lowest BCUT2D eigenvalue weighted by molar-refractivity contribution is 0.0122. The highest BCUT2D eigenvalue weighted by molar-refractivity contribution is 7.89. The van der Waals surface area contributed by atoms with Crippen molar-refractivity contribution in [1.82, 2.24) is 4.31 Å². The van der Waals surface area contributed by atoms with E-state index in [0.717, 1.165) is 0 Å². The molecule has 0 aliphatic carbocycles. The number of nitrogens with zero attached hydrogens (tertiary/aromatic N) is 1. The molecule has 5 heteroatoms. The Hall–Kier alpha value is -0.130. The summed E-state index contributed by atoms with van der Waals surface area (Å²) in [4.78, 5) is 0. The Morgan fingerprint density at radius 3 is 2.25 bits per heavy atom. The minimum atomic E-state index is -3.03. The monoisotopic (exact) mass is 193 g/mol. The maximum Gasteiger partial charge on any atom is 0.216 e. The molecule has 0 N–H and O–H groups in total. The van der Waals surface area contributed by atoms with E-state index in [1.54, 1.807) is 21.0 Å². The quantitative estimate of drug-likeness (QED) is 0.636. The molecule has 1 fully saturated rings. The van der Waals surface area contributed by atoms with E-state index in [1.165, 1.54) is 4.31 Å². The third kappa shape index (κ3) is 1.62. The normalized spacial score (nSPS) is 21.3. The van der Waals surface area contributed by atoms with E-state index in [-0.39, 0.29) is 11.4 Å². The molecular formula is C7H15NO3S. The third-order valence-electron chi connectivity index (χ3n) is 2.10. The highest BCUT2D eigenvalue weighted by Gasteiger charge is 2.37. The van der Waals surface area contributed by atoms with Gasteiger partial charge in [0.1, 0.15) is 0 Å². The number of hydrogen-bond donors (Lipinski definition) is 0. The number of sulfonamides is 1. The van der Waals surface area contributed by atoms with Crippen molar-refractivity contribution in [3.63, 3.8) is 0 Å². The number of rotatable bonds is 3. The van der Waals surface area contributed by atoms with Crippen LogP contribution in [-0.2, 0) is 14.8 Å². The van der Waals surface area contributed by atoms with E-state index in [9.17, 15) is 8.42 Å². The minimum Gasteiger partial charge on any atom is -0.379 e. The molecule has 0 unspecified atom stereocenters.